The van der Waals surface area contributed by atoms with Gasteiger partial charge in [0.2, 0.25) is 0 Å². The fourth-order valence-corrected chi connectivity index (χ4v) is 2.48. The van der Waals surface area contributed by atoms with E-state index in [1.807, 2.05) is 36.4 Å². The lowest BCUT2D eigenvalue weighted by molar-refractivity contribution is -0.116. The Kier molecular flexibility index (Phi) is 4.90. The normalized spacial score (nSPS) is 11.0. The number of nitrogens with zero attached hydrogens (tertiary/aromatic N) is 3. The van der Waals surface area contributed by atoms with Gasteiger partial charge in [-0.2, -0.15) is 10.4 Å². The lowest BCUT2D eigenvalue weighted by Gasteiger charge is -2.01. The van der Waals surface area contributed by atoms with Gasteiger partial charge in [0.25, 0.3) is 5.91 Å². The fraction of sp³-hybridized carbons (Fsp3) is 0.0500. The third-order valence-electron chi connectivity index (χ3n) is 3.77. The smallest absolute Gasteiger partial charge is 0.261 e. The van der Waals surface area contributed by atoms with Crippen molar-refractivity contribution in [3.63, 3.8) is 0 Å². The van der Waals surface area contributed by atoms with Crippen molar-refractivity contribution in [2.24, 2.45) is 0 Å². The lowest BCUT2D eigenvalue weighted by atomic mass is 10.1. The molecule has 0 atom stereocenters. The molecule has 3 aromatic rings. The minimum Gasteiger partial charge on any atom is -0.354 e. The summed E-state index contributed by atoms with van der Waals surface area (Å²) in [5, 5.41) is 16.3. The maximum atomic E-state index is 13.3. The molecular formula is C20H15FN4O. The van der Waals surface area contributed by atoms with E-state index in [2.05, 4.69) is 10.4 Å². The topological polar surface area (TPSA) is 70.7 Å². The predicted octanol–water partition coefficient (Wildman–Crippen LogP) is 3.33. The Labute approximate surface area is 150 Å². The van der Waals surface area contributed by atoms with Crippen LogP contribution < -0.4 is 5.32 Å². The molecule has 1 N–H and O–H groups in total. The van der Waals surface area contributed by atoms with Crippen LogP contribution in [0, 0.1) is 17.1 Å². The molecule has 26 heavy (non-hydrogen) atoms. The van der Waals surface area contributed by atoms with Crippen LogP contribution in [0.2, 0.25) is 0 Å². The second-order valence-corrected chi connectivity index (χ2v) is 5.47. The molecule has 3 rings (SSSR count). The van der Waals surface area contributed by atoms with Crippen molar-refractivity contribution >= 4 is 12.0 Å². The third kappa shape index (κ3) is 3.52. The number of carbonyl (C=O) groups is 1. The van der Waals surface area contributed by atoms with E-state index >= 15 is 0 Å². The average Bonchev–Trinajstić information content (AvgIpc) is 3.10. The van der Waals surface area contributed by atoms with E-state index in [0.29, 0.717) is 16.8 Å². The molecule has 0 radical (unpaired) electrons. The molecule has 1 heterocycles. The van der Waals surface area contributed by atoms with Gasteiger partial charge in [0, 0.05) is 24.4 Å². The fourth-order valence-electron chi connectivity index (χ4n) is 2.48. The highest BCUT2D eigenvalue weighted by atomic mass is 19.1. The first-order valence-corrected chi connectivity index (χ1v) is 7.87. The number of carbonyl (C=O) groups excluding carboxylic acids is 1. The van der Waals surface area contributed by atoms with Crippen molar-refractivity contribution in [2.45, 2.75) is 0 Å². The quantitative estimate of drug-likeness (QED) is 0.582. The molecule has 0 aliphatic carbocycles. The van der Waals surface area contributed by atoms with Crippen molar-refractivity contribution in [3.8, 4) is 23.0 Å². The summed E-state index contributed by atoms with van der Waals surface area (Å²) in [5.41, 5.74) is 2.60. The van der Waals surface area contributed by atoms with E-state index < -0.39 is 5.91 Å². The van der Waals surface area contributed by atoms with Gasteiger partial charge in [0.1, 0.15) is 17.5 Å². The highest BCUT2D eigenvalue weighted by Gasteiger charge is 2.14. The first-order chi connectivity index (χ1) is 12.6. The molecule has 0 aliphatic rings. The van der Waals surface area contributed by atoms with Gasteiger partial charge in [0.05, 0.1) is 11.4 Å². The van der Waals surface area contributed by atoms with Crippen molar-refractivity contribution in [1.29, 1.82) is 5.26 Å². The highest BCUT2D eigenvalue weighted by molar-refractivity contribution is 6.02. The summed E-state index contributed by atoms with van der Waals surface area (Å²) in [6.45, 7) is 0. The summed E-state index contributed by atoms with van der Waals surface area (Å²) in [7, 11) is 1.46. The SMILES string of the molecule is CNC(=O)/C(C#N)=C/c1cn(-c2ccccc2)nc1-c1ccc(F)cc1. The van der Waals surface area contributed by atoms with Crippen LogP contribution in [0.3, 0.4) is 0 Å². The molecule has 1 aromatic heterocycles. The van der Waals surface area contributed by atoms with Gasteiger partial charge in [-0.25, -0.2) is 9.07 Å². The van der Waals surface area contributed by atoms with Crippen LogP contribution in [-0.4, -0.2) is 22.7 Å². The molecule has 2 aromatic carbocycles. The Morgan fingerprint density at radius 2 is 1.88 bits per heavy atom. The number of likely N-dealkylation sites (N-methyl/N-ethyl adjacent to an activating group) is 1. The molecule has 0 fully saturated rings. The van der Waals surface area contributed by atoms with E-state index in [1.54, 1.807) is 23.0 Å². The maximum Gasteiger partial charge on any atom is 0.261 e. The Bertz CT molecular complexity index is 999. The zero-order valence-electron chi connectivity index (χ0n) is 14.0. The zero-order valence-corrected chi connectivity index (χ0v) is 14.0. The Balaban J connectivity index is 2.16. The summed E-state index contributed by atoms with van der Waals surface area (Å²) in [4.78, 5) is 11.8. The number of rotatable bonds is 4. The second-order valence-electron chi connectivity index (χ2n) is 5.47. The second kappa shape index (κ2) is 7.45. The molecule has 0 spiro atoms. The standard InChI is InChI=1S/C20H15FN4O/c1-23-20(26)15(12-22)11-16-13-25(18-5-3-2-4-6-18)24-19(16)14-7-9-17(21)10-8-14/h2-11,13H,1H3,(H,23,26)/b15-11+. The first kappa shape index (κ1) is 17.1. The number of aromatic nitrogens is 2. The summed E-state index contributed by atoms with van der Waals surface area (Å²) in [5.74, 6) is -0.832. The van der Waals surface area contributed by atoms with Crippen LogP contribution >= 0.6 is 0 Å². The molecule has 0 aliphatic heterocycles. The summed E-state index contributed by atoms with van der Waals surface area (Å²) in [6, 6.07) is 17.2. The minimum atomic E-state index is -0.481. The Hall–Kier alpha value is -3.72. The van der Waals surface area contributed by atoms with Crippen molar-refractivity contribution < 1.29 is 9.18 Å². The highest BCUT2D eigenvalue weighted by Crippen LogP contribution is 2.26. The molecule has 6 heteroatoms. The zero-order chi connectivity index (χ0) is 18.5. The van der Waals surface area contributed by atoms with Crippen molar-refractivity contribution in [1.82, 2.24) is 15.1 Å². The summed E-state index contributed by atoms with van der Waals surface area (Å²) < 4.78 is 14.9. The summed E-state index contributed by atoms with van der Waals surface area (Å²) >= 11 is 0. The van der Waals surface area contributed by atoms with Gasteiger partial charge in [-0.1, -0.05) is 18.2 Å². The van der Waals surface area contributed by atoms with Gasteiger partial charge in [-0.15, -0.1) is 0 Å². The van der Waals surface area contributed by atoms with Gasteiger partial charge < -0.3 is 5.32 Å². The molecular weight excluding hydrogens is 331 g/mol. The molecule has 0 unspecified atom stereocenters. The van der Waals surface area contributed by atoms with Gasteiger partial charge in [-0.3, -0.25) is 4.79 Å². The van der Waals surface area contributed by atoms with Crippen LogP contribution in [0.1, 0.15) is 5.56 Å². The van der Waals surface area contributed by atoms with E-state index in [0.717, 1.165) is 5.69 Å². The van der Waals surface area contributed by atoms with Crippen molar-refractivity contribution in [3.05, 3.63) is 77.7 Å². The van der Waals surface area contributed by atoms with Crippen LogP contribution in [0.5, 0.6) is 0 Å². The van der Waals surface area contributed by atoms with Gasteiger partial charge >= 0.3 is 0 Å². The average molecular weight is 346 g/mol. The van der Waals surface area contributed by atoms with Gasteiger partial charge in [-0.05, 0) is 42.5 Å². The Morgan fingerprint density at radius 3 is 2.50 bits per heavy atom. The number of hydrogen-bond acceptors (Lipinski definition) is 3. The molecule has 128 valence electrons. The van der Waals surface area contributed by atoms with E-state index in [-0.39, 0.29) is 11.4 Å². The molecule has 0 saturated carbocycles. The predicted molar refractivity (Wildman–Crippen MR) is 96.6 cm³/mol. The monoisotopic (exact) mass is 346 g/mol. The number of nitrogens with one attached hydrogen (secondary N) is 1. The number of halogens is 1. The first-order valence-electron chi connectivity index (χ1n) is 7.87. The largest absolute Gasteiger partial charge is 0.354 e. The van der Waals surface area contributed by atoms with Gasteiger partial charge in [0.15, 0.2) is 0 Å². The van der Waals surface area contributed by atoms with Crippen LogP contribution in [0.4, 0.5) is 4.39 Å². The molecule has 0 bridgehead atoms. The van der Waals surface area contributed by atoms with Crippen molar-refractivity contribution in [2.75, 3.05) is 7.05 Å². The number of hydrogen-bond donors (Lipinski definition) is 1. The number of nitriles is 1. The maximum absolute atomic E-state index is 13.3. The number of benzene rings is 2. The number of para-hydroxylation sites is 1. The molecule has 5 nitrogen and oxygen atoms in total. The summed E-state index contributed by atoms with van der Waals surface area (Å²) in [6.07, 6.45) is 3.21. The third-order valence-corrected chi connectivity index (χ3v) is 3.77. The van der Waals surface area contributed by atoms with E-state index in [9.17, 15) is 14.4 Å². The van der Waals surface area contributed by atoms with E-state index in [4.69, 9.17) is 0 Å². The lowest BCUT2D eigenvalue weighted by Crippen LogP contribution is -2.19. The number of amides is 1. The van der Waals surface area contributed by atoms with Crippen LogP contribution in [0.25, 0.3) is 23.0 Å². The van der Waals surface area contributed by atoms with Crippen LogP contribution in [-0.2, 0) is 4.79 Å². The minimum absolute atomic E-state index is 0.0385. The Morgan fingerprint density at radius 1 is 1.19 bits per heavy atom. The molecule has 0 saturated heterocycles. The van der Waals surface area contributed by atoms with Crippen LogP contribution in [0.15, 0.2) is 66.4 Å². The molecule has 1 amide bonds. The van der Waals surface area contributed by atoms with E-state index in [1.165, 1.54) is 25.3 Å².